The second-order valence-electron chi connectivity index (χ2n) is 5.42. The second-order valence-corrected chi connectivity index (χ2v) is 5.42. The van der Waals surface area contributed by atoms with E-state index in [1.165, 1.54) is 44.9 Å². The van der Waals surface area contributed by atoms with Crippen LogP contribution >= 0.6 is 0 Å². The fourth-order valence-corrected chi connectivity index (χ4v) is 2.72. The monoisotopic (exact) mass is 250 g/mol. The molecule has 3 nitrogen and oxygen atoms in total. The van der Waals surface area contributed by atoms with Gasteiger partial charge in [0.15, 0.2) is 0 Å². The Morgan fingerprint density at radius 3 is 2.61 bits per heavy atom. The maximum absolute atomic E-state index is 5.59. The average molecular weight is 250 g/mol. The Hall–Kier alpha value is -0.830. The van der Waals surface area contributed by atoms with Gasteiger partial charge in [-0.3, -0.25) is 0 Å². The largest absolute Gasteiger partial charge is 0.444 e. The van der Waals surface area contributed by atoms with Crippen molar-refractivity contribution < 1.29 is 4.42 Å². The Morgan fingerprint density at radius 2 is 1.94 bits per heavy atom. The minimum Gasteiger partial charge on any atom is -0.444 e. The van der Waals surface area contributed by atoms with Gasteiger partial charge < -0.3 is 9.73 Å². The molecule has 102 valence electrons. The van der Waals surface area contributed by atoms with Crippen LogP contribution in [0.4, 0.5) is 0 Å². The summed E-state index contributed by atoms with van der Waals surface area (Å²) in [7, 11) is 0. The molecule has 0 amide bonds. The lowest BCUT2D eigenvalue weighted by Gasteiger charge is -2.19. The van der Waals surface area contributed by atoms with Gasteiger partial charge in [0.1, 0.15) is 5.76 Å². The summed E-state index contributed by atoms with van der Waals surface area (Å²) in [5.41, 5.74) is 0. The van der Waals surface area contributed by atoms with Crippen LogP contribution in [0.5, 0.6) is 0 Å². The molecular formula is C15H26N2O. The Morgan fingerprint density at radius 1 is 1.22 bits per heavy atom. The molecule has 0 aliphatic heterocycles. The molecule has 0 aromatic carbocycles. The van der Waals surface area contributed by atoms with Crippen LogP contribution in [0.2, 0.25) is 0 Å². The Balaban J connectivity index is 1.67. The molecule has 1 aliphatic carbocycles. The van der Waals surface area contributed by atoms with Gasteiger partial charge in [-0.05, 0) is 25.3 Å². The fourth-order valence-electron chi connectivity index (χ4n) is 2.72. The van der Waals surface area contributed by atoms with Crippen molar-refractivity contribution in [3.8, 4) is 0 Å². The van der Waals surface area contributed by atoms with Crippen molar-refractivity contribution in [2.24, 2.45) is 5.92 Å². The van der Waals surface area contributed by atoms with Crippen LogP contribution in [0.25, 0.3) is 0 Å². The predicted molar refractivity (Wildman–Crippen MR) is 73.4 cm³/mol. The third-order valence-electron chi connectivity index (χ3n) is 3.88. The molecule has 0 saturated heterocycles. The smallest absolute Gasteiger partial charge is 0.208 e. The topological polar surface area (TPSA) is 38.1 Å². The van der Waals surface area contributed by atoms with Crippen molar-refractivity contribution in [1.82, 2.24) is 10.3 Å². The van der Waals surface area contributed by atoms with Crippen LogP contribution in [0.3, 0.4) is 0 Å². The average Bonchev–Trinajstić information content (AvgIpc) is 2.79. The Kier molecular flexibility index (Phi) is 5.72. The maximum Gasteiger partial charge on any atom is 0.208 e. The van der Waals surface area contributed by atoms with E-state index in [0.717, 1.165) is 37.1 Å². The number of aryl methyl sites for hydroxylation is 1. The summed E-state index contributed by atoms with van der Waals surface area (Å²) in [6.07, 6.45) is 12.7. The molecule has 0 radical (unpaired) electrons. The fraction of sp³-hybridized carbons (Fsp3) is 0.800. The number of oxazole rings is 1. The zero-order valence-corrected chi connectivity index (χ0v) is 11.6. The highest BCUT2D eigenvalue weighted by Crippen LogP contribution is 2.21. The first-order chi connectivity index (χ1) is 8.88. The standard InChI is InChI=1S/C15H26N2O/c1-2-14-11-17-15(18-14)12-16-10-13-8-6-4-3-5-7-9-13/h11,13,16H,2-10,12H2,1H3. The number of rotatable bonds is 5. The molecular weight excluding hydrogens is 224 g/mol. The highest BCUT2D eigenvalue weighted by atomic mass is 16.4. The van der Waals surface area contributed by atoms with E-state index < -0.39 is 0 Å². The van der Waals surface area contributed by atoms with E-state index in [4.69, 9.17) is 4.42 Å². The summed E-state index contributed by atoms with van der Waals surface area (Å²) >= 11 is 0. The van der Waals surface area contributed by atoms with Gasteiger partial charge in [0.25, 0.3) is 0 Å². The molecule has 1 aromatic rings. The Labute approximate surface area is 110 Å². The Bertz CT molecular complexity index is 327. The number of nitrogens with zero attached hydrogens (tertiary/aromatic N) is 1. The molecule has 0 bridgehead atoms. The molecule has 0 unspecified atom stereocenters. The number of hydrogen-bond acceptors (Lipinski definition) is 3. The van der Waals surface area contributed by atoms with E-state index in [9.17, 15) is 0 Å². The van der Waals surface area contributed by atoms with Crippen molar-refractivity contribution in [2.45, 2.75) is 64.8 Å². The van der Waals surface area contributed by atoms with E-state index in [1.807, 2.05) is 6.20 Å². The zero-order chi connectivity index (χ0) is 12.6. The van der Waals surface area contributed by atoms with Crippen molar-refractivity contribution in [2.75, 3.05) is 6.54 Å². The molecule has 2 rings (SSSR count). The minimum atomic E-state index is 0.774. The summed E-state index contributed by atoms with van der Waals surface area (Å²) in [6, 6.07) is 0. The number of hydrogen-bond donors (Lipinski definition) is 1. The van der Waals surface area contributed by atoms with Gasteiger partial charge in [0, 0.05) is 6.42 Å². The lowest BCUT2D eigenvalue weighted by Crippen LogP contribution is -2.23. The third kappa shape index (κ3) is 4.45. The van der Waals surface area contributed by atoms with Crippen LogP contribution in [0.1, 0.15) is 63.5 Å². The van der Waals surface area contributed by atoms with Crippen molar-refractivity contribution in [3.63, 3.8) is 0 Å². The first-order valence-electron chi connectivity index (χ1n) is 7.52. The number of aromatic nitrogens is 1. The molecule has 3 heteroatoms. The highest BCUT2D eigenvalue weighted by Gasteiger charge is 2.11. The zero-order valence-electron chi connectivity index (χ0n) is 11.6. The van der Waals surface area contributed by atoms with E-state index in [2.05, 4.69) is 17.2 Å². The van der Waals surface area contributed by atoms with E-state index >= 15 is 0 Å². The van der Waals surface area contributed by atoms with Gasteiger partial charge in [-0.2, -0.15) is 0 Å². The SMILES string of the molecule is CCc1cnc(CNCC2CCCCCCC2)o1. The van der Waals surface area contributed by atoms with E-state index in [0.29, 0.717) is 0 Å². The molecule has 1 N–H and O–H groups in total. The first kappa shape index (κ1) is 13.6. The summed E-state index contributed by atoms with van der Waals surface area (Å²) in [5.74, 6) is 2.67. The normalized spacial score (nSPS) is 18.5. The third-order valence-corrected chi connectivity index (χ3v) is 3.88. The number of nitrogens with one attached hydrogen (secondary N) is 1. The van der Waals surface area contributed by atoms with Crippen LogP contribution in [0, 0.1) is 5.92 Å². The van der Waals surface area contributed by atoms with Crippen LogP contribution in [-0.4, -0.2) is 11.5 Å². The van der Waals surface area contributed by atoms with Gasteiger partial charge in [0.05, 0.1) is 12.7 Å². The molecule has 0 atom stereocenters. The van der Waals surface area contributed by atoms with Crippen LogP contribution < -0.4 is 5.32 Å². The summed E-state index contributed by atoms with van der Waals surface area (Å²) in [6.45, 7) is 3.98. The van der Waals surface area contributed by atoms with Crippen molar-refractivity contribution >= 4 is 0 Å². The van der Waals surface area contributed by atoms with Gasteiger partial charge in [-0.25, -0.2) is 4.98 Å². The van der Waals surface area contributed by atoms with Gasteiger partial charge >= 0.3 is 0 Å². The second kappa shape index (κ2) is 7.57. The predicted octanol–water partition coefficient (Wildman–Crippen LogP) is 3.69. The lowest BCUT2D eigenvalue weighted by molar-refractivity contribution is 0.350. The molecule has 18 heavy (non-hydrogen) atoms. The van der Waals surface area contributed by atoms with Crippen molar-refractivity contribution in [1.29, 1.82) is 0 Å². The minimum absolute atomic E-state index is 0.774. The summed E-state index contributed by atoms with van der Waals surface area (Å²) < 4.78 is 5.59. The van der Waals surface area contributed by atoms with E-state index in [-0.39, 0.29) is 0 Å². The summed E-state index contributed by atoms with van der Waals surface area (Å²) in [4.78, 5) is 4.27. The highest BCUT2D eigenvalue weighted by molar-refractivity contribution is 4.93. The molecule has 1 aromatic heterocycles. The molecule has 1 heterocycles. The quantitative estimate of drug-likeness (QED) is 0.866. The lowest BCUT2D eigenvalue weighted by atomic mass is 9.91. The van der Waals surface area contributed by atoms with Crippen LogP contribution in [-0.2, 0) is 13.0 Å². The molecule has 1 aliphatic rings. The summed E-state index contributed by atoms with van der Waals surface area (Å²) in [5, 5.41) is 3.50. The van der Waals surface area contributed by atoms with Gasteiger partial charge in [0.2, 0.25) is 5.89 Å². The molecule has 0 spiro atoms. The molecule has 1 fully saturated rings. The van der Waals surface area contributed by atoms with Crippen LogP contribution in [0.15, 0.2) is 10.6 Å². The van der Waals surface area contributed by atoms with E-state index in [1.54, 1.807) is 0 Å². The first-order valence-corrected chi connectivity index (χ1v) is 7.52. The van der Waals surface area contributed by atoms with Crippen molar-refractivity contribution in [3.05, 3.63) is 17.8 Å². The van der Waals surface area contributed by atoms with Gasteiger partial charge in [-0.1, -0.05) is 39.0 Å². The van der Waals surface area contributed by atoms with Gasteiger partial charge in [-0.15, -0.1) is 0 Å². The molecule has 1 saturated carbocycles. The maximum atomic E-state index is 5.59.